The predicted molar refractivity (Wildman–Crippen MR) is 78.6 cm³/mol. The van der Waals surface area contributed by atoms with Crippen LogP contribution in [0.5, 0.6) is 0 Å². The van der Waals surface area contributed by atoms with Gasteiger partial charge in [-0.3, -0.25) is 19.7 Å². The summed E-state index contributed by atoms with van der Waals surface area (Å²) in [6.45, 7) is -0.730. The van der Waals surface area contributed by atoms with Gasteiger partial charge in [0.25, 0.3) is 11.6 Å². The van der Waals surface area contributed by atoms with Crippen molar-refractivity contribution in [3.63, 3.8) is 0 Å². The number of aliphatic carboxylic acids is 1. The molecule has 11 heteroatoms. The number of carboxylic acid groups (broad SMARTS) is 1. The second kappa shape index (κ2) is 5.83. The monoisotopic (exact) mass is 343 g/mol. The zero-order valence-corrected chi connectivity index (χ0v) is 12.5. The summed E-state index contributed by atoms with van der Waals surface area (Å²) in [6.07, 6.45) is 0. The maximum Gasteiger partial charge on any atom is 0.323 e. The third-order valence-corrected chi connectivity index (χ3v) is 5.51. The number of carbonyl (C=O) groups excluding carboxylic acids is 1. The van der Waals surface area contributed by atoms with Crippen molar-refractivity contribution in [3.8, 4) is 0 Å². The van der Waals surface area contributed by atoms with E-state index < -0.39 is 49.9 Å². The van der Waals surface area contributed by atoms with Gasteiger partial charge in [0.05, 0.1) is 16.2 Å². The van der Waals surface area contributed by atoms with Gasteiger partial charge in [-0.15, -0.1) is 0 Å². The average Bonchev–Trinajstić information content (AvgIpc) is 2.45. The fraction of sp³-hybridized carbons (Fsp3) is 0.333. The van der Waals surface area contributed by atoms with Crippen LogP contribution in [0, 0.1) is 10.1 Å². The minimum absolute atomic E-state index is 0.164. The van der Waals surface area contributed by atoms with Crippen molar-refractivity contribution in [3.05, 3.63) is 33.9 Å². The first-order valence-corrected chi connectivity index (χ1v) is 8.13. The molecule has 10 nitrogen and oxygen atoms in total. The molecular weight excluding hydrogens is 330 g/mol. The molecule has 1 amide bonds. The largest absolute Gasteiger partial charge is 0.480 e. The number of para-hydroxylation sites is 1. The maximum absolute atomic E-state index is 12.4. The second-order valence-electron chi connectivity index (χ2n) is 4.94. The molecule has 1 aliphatic rings. The average molecular weight is 343 g/mol. The number of nitrogens with zero attached hydrogens (tertiary/aromatic N) is 2. The minimum Gasteiger partial charge on any atom is -0.480 e. The fourth-order valence-electron chi connectivity index (χ4n) is 2.27. The van der Waals surface area contributed by atoms with E-state index in [4.69, 9.17) is 10.8 Å². The van der Waals surface area contributed by atoms with Crippen LogP contribution in [-0.2, 0) is 14.6 Å². The van der Waals surface area contributed by atoms with Crippen LogP contribution in [0.25, 0.3) is 0 Å². The van der Waals surface area contributed by atoms with E-state index in [9.17, 15) is 28.1 Å². The summed E-state index contributed by atoms with van der Waals surface area (Å²) < 4.78 is 23.4. The Kier molecular flexibility index (Phi) is 4.23. The van der Waals surface area contributed by atoms with Crippen LogP contribution >= 0.6 is 0 Å². The number of benzene rings is 1. The summed E-state index contributed by atoms with van der Waals surface area (Å²) in [5.41, 5.74) is 4.66. The molecule has 1 aromatic carbocycles. The molecule has 1 heterocycles. The van der Waals surface area contributed by atoms with Gasteiger partial charge in [0.2, 0.25) is 0 Å². The molecule has 0 bridgehead atoms. The van der Waals surface area contributed by atoms with Crippen molar-refractivity contribution in [1.82, 2.24) is 4.90 Å². The zero-order valence-electron chi connectivity index (χ0n) is 11.7. The molecule has 3 N–H and O–H groups in total. The third kappa shape index (κ3) is 3.08. The Hall–Kier alpha value is -2.69. The quantitative estimate of drug-likeness (QED) is 0.422. The van der Waals surface area contributed by atoms with Gasteiger partial charge in [-0.1, -0.05) is 6.07 Å². The number of carboxylic acids is 1. The molecule has 0 radical (unpaired) electrons. The SMILES string of the molecule is Nc1c(C(=O)N2CCS(=O)(=O)C(C(=O)O)C2)cccc1[N+](=O)[O-]. The lowest BCUT2D eigenvalue weighted by Gasteiger charge is -2.30. The number of sulfone groups is 1. The highest BCUT2D eigenvalue weighted by atomic mass is 32.2. The van der Waals surface area contributed by atoms with Crippen LogP contribution < -0.4 is 5.73 Å². The lowest BCUT2D eigenvalue weighted by molar-refractivity contribution is -0.383. The summed E-state index contributed by atoms with van der Waals surface area (Å²) in [4.78, 5) is 34.6. The van der Waals surface area contributed by atoms with Crippen molar-refractivity contribution >= 4 is 33.1 Å². The molecule has 0 aliphatic carbocycles. The Labute approximate surface area is 130 Å². The van der Waals surface area contributed by atoms with Crippen LogP contribution in [0.1, 0.15) is 10.4 Å². The molecule has 1 fully saturated rings. The molecule has 0 spiro atoms. The Bertz CT molecular complexity index is 790. The topological polar surface area (TPSA) is 161 Å². The summed E-state index contributed by atoms with van der Waals surface area (Å²) >= 11 is 0. The summed E-state index contributed by atoms with van der Waals surface area (Å²) in [7, 11) is -3.84. The number of hydrogen-bond donors (Lipinski definition) is 2. The Morgan fingerprint density at radius 2 is 2.04 bits per heavy atom. The van der Waals surface area contributed by atoms with Gasteiger partial charge in [0, 0.05) is 19.2 Å². The van der Waals surface area contributed by atoms with Crippen LogP contribution in [0.3, 0.4) is 0 Å². The van der Waals surface area contributed by atoms with E-state index in [1.54, 1.807) is 0 Å². The van der Waals surface area contributed by atoms with Crippen LogP contribution in [0.15, 0.2) is 18.2 Å². The third-order valence-electron chi connectivity index (χ3n) is 3.54. The summed E-state index contributed by atoms with van der Waals surface area (Å²) in [6, 6.07) is 3.67. The van der Waals surface area contributed by atoms with Gasteiger partial charge < -0.3 is 15.7 Å². The van der Waals surface area contributed by atoms with Gasteiger partial charge in [-0.05, 0) is 6.07 Å². The van der Waals surface area contributed by atoms with Gasteiger partial charge in [-0.25, -0.2) is 8.42 Å². The Morgan fingerprint density at radius 1 is 1.39 bits per heavy atom. The highest BCUT2D eigenvalue weighted by Crippen LogP contribution is 2.26. The van der Waals surface area contributed by atoms with E-state index >= 15 is 0 Å². The number of nitrogen functional groups attached to an aromatic ring is 1. The maximum atomic E-state index is 12.4. The number of nitrogens with two attached hydrogens (primary N) is 1. The van der Waals surface area contributed by atoms with Crippen molar-refractivity contribution in [2.24, 2.45) is 0 Å². The van der Waals surface area contributed by atoms with Crippen molar-refractivity contribution in [1.29, 1.82) is 0 Å². The minimum atomic E-state index is -3.84. The first kappa shape index (κ1) is 16.7. The molecule has 0 saturated carbocycles. The lowest BCUT2D eigenvalue weighted by Crippen LogP contribution is -2.52. The van der Waals surface area contributed by atoms with Crippen molar-refractivity contribution in [2.75, 3.05) is 24.6 Å². The normalized spacial score (nSPS) is 20.0. The van der Waals surface area contributed by atoms with Crippen LogP contribution in [0.4, 0.5) is 11.4 Å². The number of nitro benzene ring substituents is 1. The smallest absolute Gasteiger partial charge is 0.323 e. The number of rotatable bonds is 3. The van der Waals surface area contributed by atoms with E-state index in [-0.39, 0.29) is 17.8 Å². The first-order chi connectivity index (χ1) is 10.6. The van der Waals surface area contributed by atoms with E-state index in [0.717, 1.165) is 11.0 Å². The molecule has 1 aromatic rings. The standard InChI is InChI=1S/C12H13N3O7S/c13-10-7(2-1-3-8(10)15(19)20)11(16)14-4-5-23(21,22)9(6-14)12(17)18/h1-3,9H,4-6,13H2,(H,17,18). The molecule has 1 saturated heterocycles. The lowest BCUT2D eigenvalue weighted by atomic mass is 10.1. The van der Waals surface area contributed by atoms with E-state index in [0.29, 0.717) is 0 Å². The molecule has 0 aromatic heterocycles. The summed E-state index contributed by atoms with van der Waals surface area (Å²) in [5, 5.41) is 18.1. The zero-order chi connectivity index (χ0) is 17.4. The van der Waals surface area contributed by atoms with Crippen molar-refractivity contribution < 1.29 is 28.0 Å². The number of nitro groups is 1. The van der Waals surface area contributed by atoms with E-state index in [1.807, 2.05) is 0 Å². The molecule has 2 rings (SSSR count). The number of hydrogen-bond acceptors (Lipinski definition) is 7. The van der Waals surface area contributed by atoms with Gasteiger partial charge in [0.1, 0.15) is 5.69 Å². The number of anilines is 1. The fourth-order valence-corrected chi connectivity index (χ4v) is 3.74. The highest BCUT2D eigenvalue weighted by Gasteiger charge is 2.40. The molecule has 1 atom stereocenters. The molecular formula is C12H13N3O7S. The highest BCUT2D eigenvalue weighted by molar-refractivity contribution is 7.92. The van der Waals surface area contributed by atoms with E-state index in [1.165, 1.54) is 12.1 Å². The predicted octanol–water partition coefficient (Wildman–Crippen LogP) is -0.499. The molecule has 1 unspecified atom stereocenters. The Balaban J connectivity index is 2.34. The molecule has 124 valence electrons. The second-order valence-corrected chi connectivity index (χ2v) is 7.24. The molecule has 1 aliphatic heterocycles. The van der Waals surface area contributed by atoms with Crippen molar-refractivity contribution in [2.45, 2.75) is 5.25 Å². The molecule has 23 heavy (non-hydrogen) atoms. The van der Waals surface area contributed by atoms with Gasteiger partial charge in [0.15, 0.2) is 15.1 Å². The number of carbonyl (C=O) groups is 2. The first-order valence-electron chi connectivity index (χ1n) is 6.41. The van der Waals surface area contributed by atoms with Crippen LogP contribution in [-0.4, -0.2) is 59.3 Å². The summed E-state index contributed by atoms with van der Waals surface area (Å²) in [5.74, 6) is -2.79. The number of amides is 1. The van der Waals surface area contributed by atoms with Gasteiger partial charge in [-0.2, -0.15) is 0 Å². The van der Waals surface area contributed by atoms with E-state index in [2.05, 4.69) is 0 Å². The Morgan fingerprint density at radius 3 is 2.61 bits per heavy atom. The van der Waals surface area contributed by atoms with Crippen LogP contribution in [0.2, 0.25) is 0 Å². The van der Waals surface area contributed by atoms with Gasteiger partial charge >= 0.3 is 5.97 Å².